The van der Waals surface area contributed by atoms with Crippen LogP contribution in [0.2, 0.25) is 0 Å². The number of nitrogens with zero attached hydrogens (tertiary/aromatic N) is 2. The molecule has 0 radical (unpaired) electrons. The van der Waals surface area contributed by atoms with Gasteiger partial charge in [-0.05, 0) is 112 Å². The van der Waals surface area contributed by atoms with E-state index in [-0.39, 0.29) is 42.1 Å². The van der Waals surface area contributed by atoms with Crippen molar-refractivity contribution < 1.29 is 38.2 Å². The summed E-state index contributed by atoms with van der Waals surface area (Å²) in [7, 11) is 3.89. The monoisotopic (exact) mass is 736 g/mol. The fourth-order valence-corrected chi connectivity index (χ4v) is 7.88. The van der Waals surface area contributed by atoms with Crippen molar-refractivity contribution in [2.45, 2.75) is 87.0 Å². The van der Waals surface area contributed by atoms with Gasteiger partial charge in [0.05, 0.1) is 62.0 Å². The second-order valence-electron chi connectivity index (χ2n) is 13.9. The fourth-order valence-electron chi connectivity index (χ4n) is 7.88. The summed E-state index contributed by atoms with van der Waals surface area (Å²) in [6.45, 7) is 14.5. The van der Waals surface area contributed by atoms with Crippen molar-refractivity contribution >= 4 is 73.8 Å². The predicted octanol–water partition coefficient (Wildman–Crippen LogP) is 7.09. The van der Waals surface area contributed by atoms with Crippen molar-refractivity contribution in [1.82, 2.24) is 19.9 Å². The lowest BCUT2D eigenvalue weighted by Gasteiger charge is -2.19. The van der Waals surface area contributed by atoms with Crippen LogP contribution in [-0.2, 0) is 51.0 Å². The number of ketones is 2. The zero-order valence-corrected chi connectivity index (χ0v) is 32.9. The number of hydrogen-bond acceptors (Lipinski definition) is 10. The van der Waals surface area contributed by atoms with Gasteiger partial charge < -0.3 is 24.2 Å². The van der Waals surface area contributed by atoms with Gasteiger partial charge in [0, 0.05) is 40.0 Å². The average molecular weight is 737 g/mol. The summed E-state index contributed by atoms with van der Waals surface area (Å²) in [5.41, 5.74) is 10.9. The van der Waals surface area contributed by atoms with E-state index < -0.39 is 29.7 Å². The molecule has 2 aliphatic heterocycles. The van der Waals surface area contributed by atoms with E-state index >= 15 is 0 Å². The molecule has 284 valence electrons. The summed E-state index contributed by atoms with van der Waals surface area (Å²) in [5, 5.41) is 0. The number of aryl methyl sites for hydroxylation is 3. The molecule has 0 spiro atoms. The highest BCUT2D eigenvalue weighted by Gasteiger charge is 2.33. The van der Waals surface area contributed by atoms with Crippen molar-refractivity contribution in [3.63, 3.8) is 0 Å². The summed E-state index contributed by atoms with van der Waals surface area (Å²) in [6.07, 6.45) is 0.664. The summed E-state index contributed by atoms with van der Waals surface area (Å²) in [5.74, 6) is -3.35. The van der Waals surface area contributed by atoms with E-state index in [0.717, 1.165) is 44.4 Å². The van der Waals surface area contributed by atoms with Crippen molar-refractivity contribution in [3.05, 3.63) is 68.8 Å². The highest BCUT2D eigenvalue weighted by atomic mass is 16.5. The first-order valence-corrected chi connectivity index (χ1v) is 18.0. The Morgan fingerprint density at radius 3 is 1.87 bits per heavy atom. The summed E-state index contributed by atoms with van der Waals surface area (Å²) in [6, 6.07) is 5.77. The van der Waals surface area contributed by atoms with E-state index in [0.29, 0.717) is 45.7 Å². The molecule has 0 aromatic carbocycles. The number of aromatic nitrogens is 4. The lowest BCUT2D eigenvalue weighted by molar-refractivity contribution is -0.141. The minimum absolute atomic E-state index is 0.0329. The maximum atomic E-state index is 13.5. The van der Waals surface area contributed by atoms with E-state index in [1.807, 2.05) is 45.9 Å². The first kappa shape index (κ1) is 39.6. The minimum Gasteiger partial charge on any atom is -0.469 e. The molecule has 3 aromatic rings. The van der Waals surface area contributed by atoms with Crippen LogP contribution < -0.4 is 0 Å². The molecule has 1 unspecified atom stereocenters. The molecular weight excluding hydrogens is 688 g/mol. The molecule has 2 N–H and O–H groups in total. The van der Waals surface area contributed by atoms with Gasteiger partial charge in [-0.25, -0.2) is 14.8 Å². The van der Waals surface area contributed by atoms with Crippen LogP contribution in [0.3, 0.4) is 0 Å². The van der Waals surface area contributed by atoms with Crippen LogP contribution in [0.1, 0.15) is 111 Å². The molecule has 5 heterocycles. The van der Waals surface area contributed by atoms with E-state index in [4.69, 9.17) is 24.2 Å². The van der Waals surface area contributed by atoms with Crippen molar-refractivity contribution in [2.24, 2.45) is 5.92 Å². The number of carbonyl (C=O) groups is 5. The van der Waals surface area contributed by atoms with Gasteiger partial charge in [0.15, 0.2) is 0 Å². The summed E-state index contributed by atoms with van der Waals surface area (Å²) >= 11 is 0. The molecule has 8 bridgehead atoms. The maximum Gasteiger partial charge on any atom is 0.340 e. The van der Waals surface area contributed by atoms with E-state index in [1.165, 1.54) is 35.2 Å². The Morgan fingerprint density at radius 1 is 0.704 bits per heavy atom. The molecule has 3 aromatic heterocycles. The van der Waals surface area contributed by atoms with Crippen molar-refractivity contribution in [2.75, 3.05) is 21.3 Å². The Kier molecular flexibility index (Phi) is 11.5. The quantitative estimate of drug-likeness (QED) is 0.118. The molecule has 0 fully saturated rings. The first-order valence-electron chi connectivity index (χ1n) is 18.0. The van der Waals surface area contributed by atoms with Crippen molar-refractivity contribution in [1.29, 1.82) is 0 Å². The number of ether oxygens (including phenoxy) is 3. The molecule has 0 amide bonds. The third-order valence-electron chi connectivity index (χ3n) is 10.8. The zero-order valence-electron chi connectivity index (χ0n) is 32.9. The Bertz CT molecular complexity index is 2320. The zero-order chi connectivity index (χ0) is 39.8. The molecular formula is C42H48N4O8. The van der Waals surface area contributed by atoms with Gasteiger partial charge in [-0.3, -0.25) is 19.2 Å². The maximum absolute atomic E-state index is 13.5. The van der Waals surface area contributed by atoms with Crippen LogP contribution in [0.15, 0.2) is 18.2 Å². The highest BCUT2D eigenvalue weighted by Crippen LogP contribution is 2.41. The molecule has 1 atom stereocenters. The van der Waals surface area contributed by atoms with Crippen LogP contribution in [0.25, 0.3) is 44.4 Å². The SMILES string of the molecule is CCc1c(C)c2cc3[nH]c(cc4nc(c(CC(=O)OC)c5nc(cc1[nH]2)C(C)=C5C(=O)OC)C(CCC(=O)OC)=C4C)c(C)c3C(C)C(C(C)=O)C(C)=O. The van der Waals surface area contributed by atoms with Crippen LogP contribution in [0.4, 0.5) is 0 Å². The normalized spacial score (nSPS) is 13.3. The topological polar surface area (TPSA) is 170 Å². The Labute approximate surface area is 314 Å². The second kappa shape index (κ2) is 15.8. The number of esters is 3. The average Bonchev–Trinajstić information content (AvgIpc) is 3.81. The summed E-state index contributed by atoms with van der Waals surface area (Å²) in [4.78, 5) is 82.1. The summed E-state index contributed by atoms with van der Waals surface area (Å²) < 4.78 is 15.4. The smallest absolute Gasteiger partial charge is 0.340 e. The molecule has 0 saturated heterocycles. The molecule has 12 heteroatoms. The molecule has 54 heavy (non-hydrogen) atoms. The number of fused-ring (bicyclic) bond motifs is 8. The van der Waals surface area contributed by atoms with Gasteiger partial charge in [0.25, 0.3) is 0 Å². The van der Waals surface area contributed by atoms with Gasteiger partial charge >= 0.3 is 17.9 Å². The highest BCUT2D eigenvalue weighted by molar-refractivity contribution is 6.25. The number of allylic oxidation sites excluding steroid dienone is 3. The number of H-pyrrole nitrogens is 2. The van der Waals surface area contributed by atoms with Crippen LogP contribution >= 0.6 is 0 Å². The first-order chi connectivity index (χ1) is 25.6. The number of carbonyl (C=O) groups excluding carboxylic acids is 5. The third-order valence-corrected chi connectivity index (χ3v) is 10.8. The van der Waals surface area contributed by atoms with Crippen LogP contribution in [0, 0.1) is 19.8 Å². The number of nitrogens with one attached hydrogen (secondary N) is 2. The Hall–Kier alpha value is -5.65. The minimum atomic E-state index is -0.844. The number of Topliss-reactive ketones (excluding diaryl/α,β-unsaturated/α-hetero) is 2. The van der Waals surface area contributed by atoms with E-state index in [9.17, 15) is 24.0 Å². The largest absolute Gasteiger partial charge is 0.469 e. The Balaban J connectivity index is 2.06. The lowest BCUT2D eigenvalue weighted by atomic mass is 9.81. The van der Waals surface area contributed by atoms with Crippen molar-refractivity contribution in [3.8, 4) is 0 Å². The fraction of sp³-hybridized carbons (Fsp3) is 0.405. The molecule has 12 nitrogen and oxygen atoms in total. The number of rotatable bonds is 11. The Morgan fingerprint density at radius 2 is 1.28 bits per heavy atom. The number of methoxy groups -OCH3 is 3. The van der Waals surface area contributed by atoms with Gasteiger partial charge in [-0.1, -0.05) is 13.8 Å². The van der Waals surface area contributed by atoms with Crippen LogP contribution in [0.5, 0.6) is 0 Å². The molecule has 0 saturated carbocycles. The number of aromatic amines is 2. The molecule has 5 rings (SSSR count). The van der Waals surface area contributed by atoms with Crippen LogP contribution in [-0.4, -0.2) is 70.7 Å². The molecule has 0 aliphatic carbocycles. The predicted molar refractivity (Wildman–Crippen MR) is 207 cm³/mol. The van der Waals surface area contributed by atoms with Gasteiger partial charge in [-0.15, -0.1) is 0 Å². The molecule has 2 aliphatic rings. The van der Waals surface area contributed by atoms with Gasteiger partial charge in [0.1, 0.15) is 11.6 Å². The number of hydrogen-bond donors (Lipinski definition) is 2. The standard InChI is InChI=1S/C42H48N4O8/c1-12-26-19(2)29-18-34-37(23(6)38(24(7)47)25(8)48)21(4)31(44-34)16-30-20(3)27(13-14-35(49)52-9)40(45-30)28(15-36(50)53-10)41-39(42(51)54-11)22(5)32(46-41)17-33(26)43-29/h16-18,23,38,43-44H,12-15H2,1-11H3. The third kappa shape index (κ3) is 7.16. The van der Waals surface area contributed by atoms with Gasteiger partial charge in [0.2, 0.25) is 0 Å². The van der Waals surface area contributed by atoms with Gasteiger partial charge in [-0.2, -0.15) is 0 Å². The van der Waals surface area contributed by atoms with E-state index in [2.05, 4.69) is 16.9 Å². The second-order valence-corrected chi connectivity index (χ2v) is 13.9. The lowest BCUT2D eigenvalue weighted by Crippen LogP contribution is -2.25. The van der Waals surface area contributed by atoms with E-state index in [1.54, 1.807) is 6.92 Å².